The van der Waals surface area contributed by atoms with Crippen molar-refractivity contribution in [2.24, 2.45) is 0 Å². The number of carboxylic acids is 1. The average Bonchev–Trinajstić information content (AvgIpc) is 2.95. The lowest BCUT2D eigenvalue weighted by Gasteiger charge is -2.42. The fourth-order valence-electron chi connectivity index (χ4n) is 3.63. The number of carboxylic acid groups (broad SMARTS) is 1. The number of carbonyl (C=O) groups excluding carboxylic acids is 1. The molecule has 0 aromatic rings. The van der Waals surface area contributed by atoms with E-state index in [1.807, 2.05) is 11.8 Å². The lowest BCUT2D eigenvalue weighted by Crippen LogP contribution is -2.57. The van der Waals surface area contributed by atoms with Crippen molar-refractivity contribution in [3.63, 3.8) is 0 Å². The van der Waals surface area contributed by atoms with E-state index in [0.29, 0.717) is 13.1 Å². The molecule has 0 spiro atoms. The van der Waals surface area contributed by atoms with Gasteiger partial charge in [0.05, 0.1) is 12.1 Å². The SMILES string of the molecule is CCN(CC(=O)O)C1CC(NC(=O)NCC2(OC)CCCC2)C1. The molecule has 0 aliphatic heterocycles. The molecule has 0 saturated heterocycles. The van der Waals surface area contributed by atoms with Crippen LogP contribution in [-0.4, -0.2) is 66.4 Å². The van der Waals surface area contributed by atoms with E-state index in [1.54, 1.807) is 7.11 Å². The lowest BCUT2D eigenvalue weighted by molar-refractivity contribution is -0.139. The van der Waals surface area contributed by atoms with E-state index in [2.05, 4.69) is 10.6 Å². The van der Waals surface area contributed by atoms with Gasteiger partial charge >= 0.3 is 12.0 Å². The highest BCUT2D eigenvalue weighted by molar-refractivity contribution is 5.74. The molecule has 0 heterocycles. The predicted molar refractivity (Wildman–Crippen MR) is 86.4 cm³/mol. The van der Waals surface area contributed by atoms with Crippen LogP contribution in [-0.2, 0) is 9.53 Å². The van der Waals surface area contributed by atoms with Crippen LogP contribution in [0.25, 0.3) is 0 Å². The van der Waals surface area contributed by atoms with Crippen LogP contribution >= 0.6 is 0 Å². The number of nitrogens with one attached hydrogen (secondary N) is 2. The van der Waals surface area contributed by atoms with Gasteiger partial charge in [-0.1, -0.05) is 19.8 Å². The predicted octanol–water partition coefficient (Wildman–Crippen LogP) is 1.18. The molecule has 7 heteroatoms. The maximum atomic E-state index is 12.0. The highest BCUT2D eigenvalue weighted by Gasteiger charge is 2.36. The second kappa shape index (κ2) is 7.97. The summed E-state index contributed by atoms with van der Waals surface area (Å²) in [5, 5.41) is 14.8. The van der Waals surface area contributed by atoms with Gasteiger partial charge in [0.1, 0.15) is 0 Å². The molecule has 2 aliphatic carbocycles. The van der Waals surface area contributed by atoms with Crippen molar-refractivity contribution in [2.75, 3.05) is 26.7 Å². The highest BCUT2D eigenvalue weighted by Crippen LogP contribution is 2.32. The minimum atomic E-state index is -0.803. The van der Waals surface area contributed by atoms with E-state index < -0.39 is 5.97 Å². The standard InChI is InChI=1S/C16H29N3O4/c1-3-19(10-14(20)21)13-8-12(9-13)18-15(22)17-11-16(23-2)6-4-5-7-16/h12-13H,3-11H2,1-2H3,(H,20,21)(H2,17,18,22). The molecule has 7 nitrogen and oxygen atoms in total. The van der Waals surface area contributed by atoms with E-state index >= 15 is 0 Å². The molecule has 0 aromatic heterocycles. The number of hydrogen-bond donors (Lipinski definition) is 3. The first-order valence-corrected chi connectivity index (χ1v) is 8.53. The van der Waals surface area contributed by atoms with Crippen LogP contribution < -0.4 is 10.6 Å². The summed E-state index contributed by atoms with van der Waals surface area (Å²) in [7, 11) is 1.71. The van der Waals surface area contributed by atoms with Gasteiger partial charge in [0.15, 0.2) is 0 Å². The molecule has 0 atom stereocenters. The summed E-state index contributed by atoms with van der Waals surface area (Å²) in [6, 6.07) is 0.226. The zero-order chi connectivity index (χ0) is 16.9. The molecule has 23 heavy (non-hydrogen) atoms. The van der Waals surface area contributed by atoms with Crippen molar-refractivity contribution in [1.29, 1.82) is 0 Å². The molecule has 0 bridgehead atoms. The number of ether oxygens (including phenoxy) is 1. The van der Waals surface area contributed by atoms with Crippen LogP contribution in [0.1, 0.15) is 45.4 Å². The van der Waals surface area contributed by atoms with Crippen molar-refractivity contribution >= 4 is 12.0 Å². The quantitative estimate of drug-likeness (QED) is 0.623. The third-order valence-corrected chi connectivity index (χ3v) is 5.23. The van der Waals surface area contributed by atoms with Crippen LogP contribution in [0.2, 0.25) is 0 Å². The Morgan fingerprint density at radius 3 is 2.48 bits per heavy atom. The third-order valence-electron chi connectivity index (χ3n) is 5.23. The van der Waals surface area contributed by atoms with Crippen LogP contribution in [0.3, 0.4) is 0 Å². The van der Waals surface area contributed by atoms with Crippen molar-refractivity contribution in [3.05, 3.63) is 0 Å². The van der Waals surface area contributed by atoms with Gasteiger partial charge in [0, 0.05) is 25.7 Å². The number of amides is 2. The van der Waals surface area contributed by atoms with Gasteiger partial charge in [-0.3, -0.25) is 9.69 Å². The fourth-order valence-corrected chi connectivity index (χ4v) is 3.63. The van der Waals surface area contributed by atoms with E-state index in [0.717, 1.165) is 38.5 Å². The largest absolute Gasteiger partial charge is 0.480 e. The maximum Gasteiger partial charge on any atom is 0.317 e. The smallest absolute Gasteiger partial charge is 0.317 e. The van der Waals surface area contributed by atoms with E-state index in [1.165, 1.54) is 0 Å². The van der Waals surface area contributed by atoms with Gasteiger partial charge < -0.3 is 20.5 Å². The molecule has 3 N–H and O–H groups in total. The van der Waals surface area contributed by atoms with Crippen molar-refractivity contribution in [1.82, 2.24) is 15.5 Å². The number of urea groups is 1. The summed E-state index contributed by atoms with van der Waals surface area (Å²) in [5.41, 5.74) is -0.194. The maximum absolute atomic E-state index is 12.0. The summed E-state index contributed by atoms with van der Waals surface area (Å²) in [5.74, 6) is -0.803. The van der Waals surface area contributed by atoms with Gasteiger partial charge in [-0.25, -0.2) is 4.79 Å². The second-order valence-electron chi connectivity index (χ2n) is 6.70. The third kappa shape index (κ3) is 4.81. The Morgan fingerprint density at radius 1 is 1.30 bits per heavy atom. The van der Waals surface area contributed by atoms with Crippen molar-refractivity contribution < 1.29 is 19.4 Å². The zero-order valence-corrected chi connectivity index (χ0v) is 14.1. The van der Waals surface area contributed by atoms with Crippen LogP contribution in [0.4, 0.5) is 4.79 Å². The van der Waals surface area contributed by atoms with E-state index in [-0.39, 0.29) is 30.3 Å². The molecule has 2 aliphatic rings. The van der Waals surface area contributed by atoms with Crippen molar-refractivity contribution in [2.45, 2.75) is 63.1 Å². The highest BCUT2D eigenvalue weighted by atomic mass is 16.5. The number of hydrogen-bond acceptors (Lipinski definition) is 4. The molecular formula is C16H29N3O4. The molecule has 0 unspecified atom stereocenters. The van der Waals surface area contributed by atoms with Gasteiger partial charge in [-0.05, 0) is 32.2 Å². The van der Waals surface area contributed by atoms with Gasteiger partial charge in [0.2, 0.25) is 0 Å². The minimum Gasteiger partial charge on any atom is -0.480 e. The number of likely N-dealkylation sites (N-methyl/N-ethyl adjacent to an activating group) is 1. The van der Waals surface area contributed by atoms with Gasteiger partial charge in [-0.2, -0.15) is 0 Å². The van der Waals surface area contributed by atoms with Crippen LogP contribution in [0, 0.1) is 0 Å². The first-order chi connectivity index (χ1) is 11.0. The number of aliphatic carboxylic acids is 1. The van der Waals surface area contributed by atoms with E-state index in [4.69, 9.17) is 9.84 Å². The number of nitrogens with zero attached hydrogens (tertiary/aromatic N) is 1. The summed E-state index contributed by atoms with van der Waals surface area (Å²) in [6.07, 6.45) is 5.91. The fraction of sp³-hybridized carbons (Fsp3) is 0.875. The summed E-state index contributed by atoms with van der Waals surface area (Å²) >= 11 is 0. The first kappa shape index (κ1) is 18.0. The molecule has 132 valence electrons. The summed E-state index contributed by atoms with van der Waals surface area (Å²) in [6.45, 7) is 3.29. The molecule has 0 aromatic carbocycles. The molecule has 2 amide bonds. The molecule has 0 radical (unpaired) electrons. The van der Waals surface area contributed by atoms with Gasteiger partial charge in [0.25, 0.3) is 0 Å². The van der Waals surface area contributed by atoms with Crippen LogP contribution in [0.15, 0.2) is 0 Å². The normalized spacial score (nSPS) is 25.9. The summed E-state index contributed by atoms with van der Waals surface area (Å²) in [4.78, 5) is 24.7. The molecule has 2 saturated carbocycles. The zero-order valence-electron chi connectivity index (χ0n) is 14.1. The minimum absolute atomic E-state index is 0.0659. The van der Waals surface area contributed by atoms with Gasteiger partial charge in [-0.15, -0.1) is 0 Å². The second-order valence-corrected chi connectivity index (χ2v) is 6.70. The van der Waals surface area contributed by atoms with Crippen LogP contribution in [0.5, 0.6) is 0 Å². The Balaban J connectivity index is 1.66. The Labute approximate surface area is 137 Å². The Hall–Kier alpha value is -1.34. The number of methoxy groups -OCH3 is 1. The van der Waals surface area contributed by atoms with Crippen molar-refractivity contribution in [3.8, 4) is 0 Å². The molecule has 2 rings (SSSR count). The Morgan fingerprint density at radius 2 is 1.96 bits per heavy atom. The monoisotopic (exact) mass is 327 g/mol. The Kier molecular flexibility index (Phi) is 6.24. The Bertz CT molecular complexity index is 418. The summed E-state index contributed by atoms with van der Waals surface area (Å²) < 4.78 is 5.59. The number of carbonyl (C=O) groups is 2. The van der Waals surface area contributed by atoms with E-state index in [9.17, 15) is 9.59 Å². The topological polar surface area (TPSA) is 90.9 Å². The first-order valence-electron chi connectivity index (χ1n) is 8.53. The number of rotatable bonds is 8. The lowest BCUT2D eigenvalue weighted by atomic mass is 9.85. The molecule has 2 fully saturated rings. The molecular weight excluding hydrogens is 298 g/mol. The average molecular weight is 327 g/mol.